The number of benzene rings is 1. The molecule has 2 aliphatic rings. The number of guanidine groups is 1. The summed E-state index contributed by atoms with van der Waals surface area (Å²) in [6.45, 7) is 2.82. The third-order valence-electron chi connectivity index (χ3n) is 5.05. The summed E-state index contributed by atoms with van der Waals surface area (Å²) in [6.07, 6.45) is 2.61. The number of sulfonamides is 1. The average molecular weight is 379 g/mol. The second-order valence-electron chi connectivity index (χ2n) is 7.07. The van der Waals surface area contributed by atoms with E-state index in [0.717, 1.165) is 44.0 Å². The Morgan fingerprint density at radius 2 is 2.27 bits per heavy atom. The average Bonchev–Trinajstić information content (AvgIpc) is 2.95. The molecule has 2 aliphatic heterocycles. The van der Waals surface area contributed by atoms with Gasteiger partial charge in [0, 0.05) is 45.1 Å². The van der Waals surface area contributed by atoms with Crippen LogP contribution in [0.5, 0.6) is 0 Å². The predicted octanol–water partition coefficient (Wildman–Crippen LogP) is 0.0115. The standard InChI is InChI=1S/C17H25N5O3S/c1-19-16(20-10-13-4-2-5-14(8-13)26(18,24)25)22-7-3-6-17(12-22)9-15(23)21-11-17/h2,4-5,8H,3,6-7,9-12H2,1H3,(H,19,20)(H,21,23)(H2,18,24,25). The first-order chi connectivity index (χ1) is 12.3. The number of hydrogen-bond acceptors (Lipinski definition) is 4. The summed E-state index contributed by atoms with van der Waals surface area (Å²) in [5, 5.41) is 11.4. The monoisotopic (exact) mass is 379 g/mol. The van der Waals surface area contributed by atoms with Crippen LogP contribution >= 0.6 is 0 Å². The summed E-state index contributed by atoms with van der Waals surface area (Å²) in [7, 11) is -1.99. The van der Waals surface area contributed by atoms with Gasteiger partial charge in [-0.2, -0.15) is 0 Å². The number of carbonyl (C=O) groups is 1. The molecule has 4 N–H and O–H groups in total. The number of aliphatic imine (C=N–C) groups is 1. The van der Waals surface area contributed by atoms with Crippen molar-refractivity contribution in [2.45, 2.75) is 30.7 Å². The summed E-state index contributed by atoms with van der Waals surface area (Å²) >= 11 is 0. The van der Waals surface area contributed by atoms with Crippen molar-refractivity contribution in [1.82, 2.24) is 15.5 Å². The topological polar surface area (TPSA) is 117 Å². The van der Waals surface area contributed by atoms with Crippen molar-refractivity contribution in [2.24, 2.45) is 15.5 Å². The minimum Gasteiger partial charge on any atom is -0.355 e. The second kappa shape index (κ2) is 7.24. The van der Waals surface area contributed by atoms with Gasteiger partial charge in [0.1, 0.15) is 0 Å². The first-order valence-corrected chi connectivity index (χ1v) is 10.2. The van der Waals surface area contributed by atoms with Gasteiger partial charge in [-0.25, -0.2) is 13.6 Å². The van der Waals surface area contributed by atoms with Crippen LogP contribution in [0, 0.1) is 5.41 Å². The molecule has 8 nitrogen and oxygen atoms in total. The predicted molar refractivity (Wildman–Crippen MR) is 98.9 cm³/mol. The van der Waals surface area contributed by atoms with Crippen molar-refractivity contribution in [3.05, 3.63) is 29.8 Å². The van der Waals surface area contributed by atoms with Gasteiger partial charge in [-0.15, -0.1) is 0 Å². The third kappa shape index (κ3) is 4.16. The van der Waals surface area contributed by atoms with Gasteiger partial charge in [-0.3, -0.25) is 9.79 Å². The summed E-state index contributed by atoms with van der Waals surface area (Å²) in [5.41, 5.74) is 0.794. The Labute approximate surface area is 153 Å². The molecule has 0 radical (unpaired) electrons. The summed E-state index contributed by atoms with van der Waals surface area (Å²) in [5.74, 6) is 0.874. The molecule has 3 rings (SSSR count). The minimum atomic E-state index is -3.72. The van der Waals surface area contributed by atoms with E-state index >= 15 is 0 Å². The van der Waals surface area contributed by atoms with E-state index in [1.165, 1.54) is 6.07 Å². The lowest BCUT2D eigenvalue weighted by Gasteiger charge is -2.40. The largest absolute Gasteiger partial charge is 0.355 e. The molecule has 1 spiro atoms. The Kier molecular flexibility index (Phi) is 5.19. The van der Waals surface area contributed by atoms with Gasteiger partial charge in [0.2, 0.25) is 15.9 Å². The summed E-state index contributed by atoms with van der Waals surface area (Å²) in [4.78, 5) is 18.3. The first-order valence-electron chi connectivity index (χ1n) is 8.65. The lowest BCUT2D eigenvalue weighted by molar-refractivity contribution is -0.119. The molecule has 26 heavy (non-hydrogen) atoms. The number of nitrogens with zero attached hydrogens (tertiary/aromatic N) is 2. The van der Waals surface area contributed by atoms with E-state index in [2.05, 4.69) is 20.5 Å². The van der Waals surface area contributed by atoms with Gasteiger partial charge in [0.25, 0.3) is 0 Å². The molecule has 9 heteroatoms. The Balaban J connectivity index is 1.66. The zero-order chi connectivity index (χ0) is 18.8. The zero-order valence-electron chi connectivity index (χ0n) is 14.9. The van der Waals surface area contributed by atoms with Crippen LogP contribution < -0.4 is 15.8 Å². The molecule has 2 fully saturated rings. The van der Waals surface area contributed by atoms with Gasteiger partial charge in [0.15, 0.2) is 5.96 Å². The fourth-order valence-electron chi connectivity index (χ4n) is 3.77. The molecule has 0 aliphatic carbocycles. The number of rotatable bonds is 3. The molecule has 1 atom stereocenters. The van der Waals surface area contributed by atoms with Crippen LogP contribution in [0.2, 0.25) is 0 Å². The Morgan fingerprint density at radius 3 is 2.92 bits per heavy atom. The van der Waals surface area contributed by atoms with E-state index in [1.807, 2.05) is 6.07 Å². The van der Waals surface area contributed by atoms with E-state index in [9.17, 15) is 13.2 Å². The maximum Gasteiger partial charge on any atom is 0.238 e. The molecule has 0 saturated carbocycles. The maximum atomic E-state index is 11.7. The molecule has 0 bridgehead atoms. The molecule has 2 heterocycles. The number of nitrogens with one attached hydrogen (secondary N) is 2. The van der Waals surface area contributed by atoms with E-state index in [-0.39, 0.29) is 16.2 Å². The van der Waals surface area contributed by atoms with Gasteiger partial charge < -0.3 is 15.5 Å². The van der Waals surface area contributed by atoms with Crippen LogP contribution in [-0.2, 0) is 21.4 Å². The van der Waals surface area contributed by atoms with E-state index < -0.39 is 10.0 Å². The highest BCUT2D eigenvalue weighted by molar-refractivity contribution is 7.89. The first kappa shape index (κ1) is 18.7. The van der Waals surface area contributed by atoms with E-state index in [4.69, 9.17) is 5.14 Å². The number of primary sulfonamides is 1. The van der Waals surface area contributed by atoms with Crippen LogP contribution in [0.15, 0.2) is 34.2 Å². The van der Waals surface area contributed by atoms with Crippen LogP contribution in [-0.4, -0.2) is 51.9 Å². The highest BCUT2D eigenvalue weighted by Crippen LogP contribution is 2.35. The van der Waals surface area contributed by atoms with Crippen molar-refractivity contribution in [1.29, 1.82) is 0 Å². The molecule has 0 aromatic heterocycles. The van der Waals surface area contributed by atoms with Gasteiger partial charge in [-0.1, -0.05) is 12.1 Å². The molecule has 142 valence electrons. The van der Waals surface area contributed by atoms with Crippen molar-refractivity contribution in [2.75, 3.05) is 26.7 Å². The molecule has 1 aromatic carbocycles. The number of hydrogen-bond donors (Lipinski definition) is 3. The second-order valence-corrected chi connectivity index (χ2v) is 8.63. The number of amides is 1. The molecular weight excluding hydrogens is 354 g/mol. The van der Waals surface area contributed by atoms with Crippen molar-refractivity contribution in [3.63, 3.8) is 0 Å². The third-order valence-corrected chi connectivity index (χ3v) is 5.96. The Bertz CT molecular complexity index is 823. The van der Waals surface area contributed by atoms with Crippen molar-refractivity contribution < 1.29 is 13.2 Å². The molecule has 1 amide bonds. The Hall–Kier alpha value is -2.13. The SMILES string of the molecule is CN=C(NCc1cccc(S(N)(=O)=O)c1)N1CCCC2(CNC(=O)C2)C1. The molecule has 2 saturated heterocycles. The van der Waals surface area contributed by atoms with Gasteiger partial charge in [0.05, 0.1) is 4.90 Å². The smallest absolute Gasteiger partial charge is 0.238 e. The highest BCUT2D eigenvalue weighted by atomic mass is 32.2. The van der Waals surface area contributed by atoms with Crippen LogP contribution in [0.4, 0.5) is 0 Å². The maximum absolute atomic E-state index is 11.7. The lowest BCUT2D eigenvalue weighted by atomic mass is 9.79. The molecule has 1 unspecified atom stereocenters. The highest BCUT2D eigenvalue weighted by Gasteiger charge is 2.42. The van der Waals surface area contributed by atoms with Crippen LogP contribution in [0.1, 0.15) is 24.8 Å². The van der Waals surface area contributed by atoms with E-state index in [0.29, 0.717) is 13.0 Å². The quantitative estimate of drug-likeness (QED) is 0.505. The lowest BCUT2D eigenvalue weighted by Crippen LogP contribution is -2.51. The molecular formula is C17H25N5O3S. The fraction of sp³-hybridized carbons (Fsp3) is 0.529. The van der Waals surface area contributed by atoms with Crippen molar-refractivity contribution in [3.8, 4) is 0 Å². The number of piperidine rings is 1. The normalized spacial score (nSPS) is 24.0. The van der Waals surface area contributed by atoms with Crippen LogP contribution in [0.25, 0.3) is 0 Å². The van der Waals surface area contributed by atoms with Gasteiger partial charge >= 0.3 is 0 Å². The fourth-order valence-corrected chi connectivity index (χ4v) is 4.36. The van der Waals surface area contributed by atoms with E-state index in [1.54, 1.807) is 19.2 Å². The van der Waals surface area contributed by atoms with Crippen LogP contribution in [0.3, 0.4) is 0 Å². The van der Waals surface area contributed by atoms with Gasteiger partial charge in [-0.05, 0) is 30.5 Å². The zero-order valence-corrected chi connectivity index (χ0v) is 15.7. The molecule has 1 aromatic rings. The minimum absolute atomic E-state index is 0.0134. The summed E-state index contributed by atoms with van der Waals surface area (Å²) in [6, 6.07) is 6.55. The number of likely N-dealkylation sites (tertiary alicyclic amines) is 1. The summed E-state index contributed by atoms with van der Waals surface area (Å²) < 4.78 is 23.0. The number of carbonyl (C=O) groups excluding carboxylic acids is 1. The Morgan fingerprint density at radius 1 is 1.46 bits per heavy atom. The number of nitrogens with two attached hydrogens (primary N) is 1. The van der Waals surface area contributed by atoms with Crippen molar-refractivity contribution >= 4 is 21.9 Å².